The lowest BCUT2D eigenvalue weighted by Gasteiger charge is -2.36. The molecule has 2 rings (SSSR count). The molecule has 0 amide bonds. The van der Waals surface area contributed by atoms with Crippen molar-refractivity contribution in [3.05, 3.63) is 35.9 Å². The van der Waals surface area contributed by atoms with Gasteiger partial charge >= 0.3 is 0 Å². The molecule has 1 atom stereocenters. The van der Waals surface area contributed by atoms with Crippen molar-refractivity contribution in [1.82, 2.24) is 9.80 Å². The molecule has 112 valence electrons. The van der Waals surface area contributed by atoms with Crippen molar-refractivity contribution in [3.63, 3.8) is 0 Å². The third-order valence-electron chi connectivity index (χ3n) is 4.30. The number of likely N-dealkylation sites (N-methyl/N-ethyl adjacent to an activating group) is 1. The number of hydrogen-bond acceptors (Lipinski definition) is 3. The molecule has 1 aromatic rings. The molecule has 1 aliphatic heterocycles. The Hall–Kier alpha value is -0.900. The predicted octanol–water partition coefficient (Wildman–Crippen LogP) is 2.38. The molecule has 1 saturated heterocycles. The van der Waals surface area contributed by atoms with Gasteiger partial charge in [0, 0.05) is 25.0 Å². The van der Waals surface area contributed by atoms with Gasteiger partial charge in [0.1, 0.15) is 0 Å². The second kappa shape index (κ2) is 6.70. The first-order valence-corrected chi connectivity index (χ1v) is 7.63. The fourth-order valence-corrected chi connectivity index (χ4v) is 3.01. The van der Waals surface area contributed by atoms with Gasteiger partial charge < -0.3 is 14.9 Å². The summed E-state index contributed by atoms with van der Waals surface area (Å²) in [6.07, 6.45) is 0.804. The highest BCUT2D eigenvalue weighted by atomic mass is 16.3. The van der Waals surface area contributed by atoms with Crippen LogP contribution >= 0.6 is 0 Å². The van der Waals surface area contributed by atoms with E-state index < -0.39 is 6.10 Å². The maximum Gasteiger partial charge on any atom is 0.0853 e. The van der Waals surface area contributed by atoms with Crippen LogP contribution in [0.3, 0.4) is 0 Å². The van der Waals surface area contributed by atoms with Crippen LogP contribution in [0, 0.1) is 5.41 Å². The Morgan fingerprint density at radius 3 is 2.50 bits per heavy atom. The molecule has 0 bridgehead atoms. The van der Waals surface area contributed by atoms with E-state index in [4.69, 9.17) is 0 Å². The number of aliphatic hydroxyl groups excluding tert-OH is 1. The van der Waals surface area contributed by atoms with E-state index in [0.29, 0.717) is 0 Å². The summed E-state index contributed by atoms with van der Waals surface area (Å²) < 4.78 is 0. The van der Waals surface area contributed by atoms with Gasteiger partial charge in [-0.25, -0.2) is 0 Å². The summed E-state index contributed by atoms with van der Waals surface area (Å²) in [4.78, 5) is 4.89. The quantitative estimate of drug-likeness (QED) is 0.914. The molecule has 1 N–H and O–H groups in total. The summed E-state index contributed by atoms with van der Waals surface area (Å²) >= 11 is 0. The standard InChI is InChI=1S/C17H28N2O/c1-17(2,16(20)15-8-5-4-6-9-15)14-19-11-7-10-18(3)12-13-19/h4-6,8-9,16,20H,7,10-14H2,1-3H3. The molecule has 1 heterocycles. The molecular weight excluding hydrogens is 248 g/mol. The van der Waals surface area contributed by atoms with Crippen LogP contribution in [0.5, 0.6) is 0 Å². The van der Waals surface area contributed by atoms with Gasteiger partial charge in [-0.2, -0.15) is 0 Å². The van der Waals surface area contributed by atoms with Crippen molar-refractivity contribution >= 4 is 0 Å². The van der Waals surface area contributed by atoms with Crippen LogP contribution in [-0.2, 0) is 0 Å². The fraction of sp³-hybridized carbons (Fsp3) is 0.647. The molecule has 1 aliphatic rings. The molecule has 3 heteroatoms. The van der Waals surface area contributed by atoms with Crippen LogP contribution in [0.2, 0.25) is 0 Å². The Labute approximate surface area is 123 Å². The monoisotopic (exact) mass is 276 g/mol. The van der Waals surface area contributed by atoms with Gasteiger partial charge in [-0.05, 0) is 32.1 Å². The molecule has 0 radical (unpaired) electrons. The minimum Gasteiger partial charge on any atom is -0.388 e. The van der Waals surface area contributed by atoms with Crippen molar-refractivity contribution in [3.8, 4) is 0 Å². The lowest BCUT2D eigenvalue weighted by Crippen LogP contribution is -2.39. The average Bonchev–Trinajstić information content (AvgIpc) is 2.63. The maximum atomic E-state index is 10.7. The molecule has 20 heavy (non-hydrogen) atoms. The van der Waals surface area contributed by atoms with Gasteiger partial charge in [0.25, 0.3) is 0 Å². The largest absolute Gasteiger partial charge is 0.388 e. The summed E-state index contributed by atoms with van der Waals surface area (Å²) in [5, 5.41) is 10.7. The van der Waals surface area contributed by atoms with Crippen LogP contribution < -0.4 is 0 Å². The van der Waals surface area contributed by atoms with Crippen LogP contribution in [0.25, 0.3) is 0 Å². The third kappa shape index (κ3) is 4.05. The third-order valence-corrected chi connectivity index (χ3v) is 4.30. The second-order valence-corrected chi connectivity index (χ2v) is 6.73. The molecule has 1 fully saturated rings. The zero-order valence-corrected chi connectivity index (χ0v) is 13.0. The molecule has 0 aliphatic carbocycles. The SMILES string of the molecule is CN1CCCN(CC(C)(C)C(O)c2ccccc2)CC1. The van der Waals surface area contributed by atoms with E-state index in [2.05, 4.69) is 30.7 Å². The van der Waals surface area contributed by atoms with Crippen molar-refractivity contribution < 1.29 is 5.11 Å². The van der Waals surface area contributed by atoms with E-state index in [1.54, 1.807) is 0 Å². The molecule has 0 spiro atoms. The fourth-order valence-electron chi connectivity index (χ4n) is 3.01. The summed E-state index contributed by atoms with van der Waals surface area (Å²) in [5.41, 5.74) is 0.883. The number of aliphatic hydroxyl groups is 1. The van der Waals surface area contributed by atoms with Crippen molar-refractivity contribution in [2.45, 2.75) is 26.4 Å². The van der Waals surface area contributed by atoms with Crippen molar-refractivity contribution in [1.29, 1.82) is 0 Å². The second-order valence-electron chi connectivity index (χ2n) is 6.73. The van der Waals surface area contributed by atoms with E-state index in [1.807, 2.05) is 30.3 Å². The summed E-state index contributed by atoms with van der Waals surface area (Å²) in [7, 11) is 2.19. The number of hydrogen-bond donors (Lipinski definition) is 1. The van der Waals surface area contributed by atoms with E-state index in [9.17, 15) is 5.11 Å². The zero-order valence-electron chi connectivity index (χ0n) is 13.0. The van der Waals surface area contributed by atoms with Gasteiger partial charge in [0.2, 0.25) is 0 Å². The van der Waals surface area contributed by atoms with E-state index in [-0.39, 0.29) is 5.41 Å². The van der Waals surface area contributed by atoms with Crippen LogP contribution in [0.4, 0.5) is 0 Å². The lowest BCUT2D eigenvalue weighted by molar-refractivity contribution is 0.0212. The highest BCUT2D eigenvalue weighted by molar-refractivity contribution is 5.19. The summed E-state index contributed by atoms with van der Waals surface area (Å²) in [5.74, 6) is 0. The Bertz CT molecular complexity index is 405. The van der Waals surface area contributed by atoms with E-state index >= 15 is 0 Å². The Kier molecular flexibility index (Phi) is 5.19. The van der Waals surface area contributed by atoms with Crippen LogP contribution in [0.15, 0.2) is 30.3 Å². The van der Waals surface area contributed by atoms with Gasteiger partial charge in [0.05, 0.1) is 6.10 Å². The molecule has 3 nitrogen and oxygen atoms in total. The van der Waals surface area contributed by atoms with E-state index in [1.165, 1.54) is 13.0 Å². The minimum atomic E-state index is -0.412. The van der Waals surface area contributed by atoms with E-state index in [0.717, 1.165) is 31.7 Å². The Balaban J connectivity index is 1.99. The predicted molar refractivity (Wildman–Crippen MR) is 83.7 cm³/mol. The minimum absolute atomic E-state index is 0.135. The first-order chi connectivity index (χ1) is 9.49. The highest BCUT2D eigenvalue weighted by Gasteiger charge is 2.31. The van der Waals surface area contributed by atoms with Gasteiger partial charge in [-0.15, -0.1) is 0 Å². The van der Waals surface area contributed by atoms with Crippen LogP contribution in [0.1, 0.15) is 31.9 Å². The zero-order chi connectivity index (χ0) is 14.6. The van der Waals surface area contributed by atoms with Gasteiger partial charge in [-0.1, -0.05) is 44.2 Å². The smallest absolute Gasteiger partial charge is 0.0853 e. The lowest BCUT2D eigenvalue weighted by atomic mass is 9.82. The van der Waals surface area contributed by atoms with Gasteiger partial charge in [-0.3, -0.25) is 0 Å². The van der Waals surface area contributed by atoms with Crippen molar-refractivity contribution in [2.75, 3.05) is 39.8 Å². The maximum absolute atomic E-state index is 10.7. The number of benzene rings is 1. The first kappa shape index (κ1) is 15.5. The summed E-state index contributed by atoms with van der Waals surface area (Å²) in [6.45, 7) is 9.81. The van der Waals surface area contributed by atoms with Crippen molar-refractivity contribution in [2.24, 2.45) is 5.41 Å². The molecular formula is C17H28N2O. The summed E-state index contributed by atoms with van der Waals surface area (Å²) in [6, 6.07) is 10.0. The molecule has 0 aromatic heterocycles. The molecule has 1 unspecified atom stereocenters. The molecule has 0 saturated carbocycles. The molecule has 1 aromatic carbocycles. The first-order valence-electron chi connectivity index (χ1n) is 7.63. The Morgan fingerprint density at radius 2 is 1.80 bits per heavy atom. The Morgan fingerprint density at radius 1 is 1.10 bits per heavy atom. The highest BCUT2D eigenvalue weighted by Crippen LogP contribution is 2.34. The number of rotatable bonds is 4. The number of nitrogens with zero attached hydrogens (tertiary/aromatic N) is 2. The topological polar surface area (TPSA) is 26.7 Å². The average molecular weight is 276 g/mol. The normalized spacial score (nSPS) is 20.6. The van der Waals surface area contributed by atoms with Gasteiger partial charge in [0.15, 0.2) is 0 Å². The van der Waals surface area contributed by atoms with Crippen LogP contribution in [-0.4, -0.2) is 54.7 Å².